The van der Waals surface area contributed by atoms with Crippen LogP contribution in [-0.4, -0.2) is 32.2 Å². The van der Waals surface area contributed by atoms with E-state index in [0.29, 0.717) is 40.0 Å². The van der Waals surface area contributed by atoms with E-state index in [0.717, 1.165) is 5.52 Å². The smallest absolute Gasteiger partial charge is 0.255 e. The van der Waals surface area contributed by atoms with Gasteiger partial charge in [0.1, 0.15) is 5.52 Å². The Morgan fingerprint density at radius 3 is 2.26 bits per heavy atom. The highest BCUT2D eigenvalue weighted by Crippen LogP contribution is 2.38. The SMILES string of the molecule is COc1cc(C(=O)Nc2ccc3nc(C(C)C)oc3c2)cc(OC)c1OC. The van der Waals surface area contributed by atoms with Gasteiger partial charge in [-0.25, -0.2) is 4.98 Å². The Morgan fingerprint density at radius 2 is 1.70 bits per heavy atom. The summed E-state index contributed by atoms with van der Waals surface area (Å²) in [6, 6.07) is 8.55. The standard InChI is InChI=1S/C20H22N2O5/c1-11(2)20-22-14-7-6-13(10-15(14)27-20)21-19(23)12-8-16(24-3)18(26-5)17(9-12)25-4/h6-11H,1-5H3,(H,21,23). The Hall–Kier alpha value is -3.22. The monoisotopic (exact) mass is 370 g/mol. The molecular formula is C20H22N2O5. The van der Waals surface area contributed by atoms with Gasteiger partial charge in [0.15, 0.2) is 23.0 Å². The quantitative estimate of drug-likeness (QED) is 0.699. The minimum Gasteiger partial charge on any atom is -0.493 e. The lowest BCUT2D eigenvalue weighted by atomic mass is 10.1. The number of benzene rings is 2. The summed E-state index contributed by atoms with van der Waals surface area (Å²) < 4.78 is 21.6. The summed E-state index contributed by atoms with van der Waals surface area (Å²) in [5.41, 5.74) is 2.36. The van der Waals surface area contributed by atoms with Gasteiger partial charge in [-0.1, -0.05) is 13.8 Å². The van der Waals surface area contributed by atoms with Crippen LogP contribution in [0.3, 0.4) is 0 Å². The van der Waals surface area contributed by atoms with Gasteiger partial charge in [-0.15, -0.1) is 0 Å². The molecule has 0 saturated carbocycles. The maximum atomic E-state index is 12.7. The normalized spacial score (nSPS) is 10.9. The molecule has 0 fully saturated rings. The van der Waals surface area contributed by atoms with Crippen molar-refractivity contribution in [3.8, 4) is 17.2 Å². The van der Waals surface area contributed by atoms with Crippen LogP contribution in [0.2, 0.25) is 0 Å². The second-order valence-electron chi connectivity index (χ2n) is 6.26. The van der Waals surface area contributed by atoms with E-state index >= 15 is 0 Å². The highest BCUT2D eigenvalue weighted by atomic mass is 16.5. The third-order valence-electron chi connectivity index (χ3n) is 4.08. The molecule has 27 heavy (non-hydrogen) atoms. The Bertz CT molecular complexity index is 953. The van der Waals surface area contributed by atoms with Crippen molar-refractivity contribution in [1.82, 2.24) is 4.98 Å². The molecule has 7 nitrogen and oxygen atoms in total. The van der Waals surface area contributed by atoms with E-state index in [2.05, 4.69) is 10.3 Å². The van der Waals surface area contributed by atoms with Gasteiger partial charge >= 0.3 is 0 Å². The summed E-state index contributed by atoms with van der Waals surface area (Å²) in [6.07, 6.45) is 0. The van der Waals surface area contributed by atoms with Crippen LogP contribution in [0.25, 0.3) is 11.1 Å². The Balaban J connectivity index is 1.89. The highest BCUT2D eigenvalue weighted by Gasteiger charge is 2.17. The van der Waals surface area contributed by atoms with Crippen LogP contribution in [0.4, 0.5) is 5.69 Å². The van der Waals surface area contributed by atoms with Crippen LogP contribution < -0.4 is 19.5 Å². The third-order valence-corrected chi connectivity index (χ3v) is 4.08. The number of nitrogens with one attached hydrogen (secondary N) is 1. The number of methoxy groups -OCH3 is 3. The van der Waals surface area contributed by atoms with E-state index in [1.165, 1.54) is 21.3 Å². The molecule has 3 rings (SSSR count). The average molecular weight is 370 g/mol. The number of oxazole rings is 1. The number of carbonyl (C=O) groups excluding carboxylic acids is 1. The summed E-state index contributed by atoms with van der Waals surface area (Å²) in [5.74, 6) is 1.80. The molecule has 0 unspecified atom stereocenters. The molecule has 0 aliphatic rings. The van der Waals surface area contributed by atoms with Gasteiger partial charge in [-0.05, 0) is 24.3 Å². The lowest BCUT2D eigenvalue weighted by Gasteiger charge is -2.14. The highest BCUT2D eigenvalue weighted by molar-refractivity contribution is 6.05. The summed E-state index contributed by atoms with van der Waals surface area (Å²) in [4.78, 5) is 17.1. The number of nitrogens with zero attached hydrogens (tertiary/aromatic N) is 1. The maximum absolute atomic E-state index is 12.7. The van der Waals surface area contributed by atoms with Crippen LogP contribution in [0.5, 0.6) is 17.2 Å². The fraction of sp³-hybridized carbons (Fsp3) is 0.300. The zero-order valence-corrected chi connectivity index (χ0v) is 16.0. The molecule has 0 aliphatic heterocycles. The van der Waals surface area contributed by atoms with E-state index in [4.69, 9.17) is 18.6 Å². The first-order valence-corrected chi connectivity index (χ1v) is 8.48. The molecule has 1 aromatic heterocycles. The summed E-state index contributed by atoms with van der Waals surface area (Å²) in [7, 11) is 4.52. The van der Waals surface area contributed by atoms with Crippen molar-refractivity contribution in [3.63, 3.8) is 0 Å². The lowest BCUT2D eigenvalue weighted by Crippen LogP contribution is -2.12. The molecule has 0 spiro atoms. The number of anilines is 1. The van der Waals surface area contributed by atoms with Gasteiger partial charge in [0.05, 0.1) is 21.3 Å². The van der Waals surface area contributed by atoms with E-state index in [1.54, 1.807) is 24.3 Å². The van der Waals surface area contributed by atoms with Gasteiger partial charge in [-0.2, -0.15) is 0 Å². The fourth-order valence-electron chi connectivity index (χ4n) is 2.68. The number of amides is 1. The topological polar surface area (TPSA) is 82.8 Å². The number of hydrogen-bond donors (Lipinski definition) is 1. The molecule has 1 heterocycles. The van der Waals surface area contributed by atoms with Crippen molar-refractivity contribution >= 4 is 22.7 Å². The molecule has 1 amide bonds. The first kappa shape index (κ1) is 18.6. The van der Waals surface area contributed by atoms with Crippen molar-refractivity contribution in [2.75, 3.05) is 26.6 Å². The van der Waals surface area contributed by atoms with E-state index in [1.807, 2.05) is 19.9 Å². The first-order chi connectivity index (χ1) is 13.0. The van der Waals surface area contributed by atoms with Crippen LogP contribution in [0, 0.1) is 0 Å². The van der Waals surface area contributed by atoms with Crippen LogP contribution in [0.1, 0.15) is 36.0 Å². The van der Waals surface area contributed by atoms with Gasteiger partial charge in [0.25, 0.3) is 5.91 Å². The molecule has 3 aromatic rings. The molecular weight excluding hydrogens is 348 g/mol. The Morgan fingerprint density at radius 1 is 1.04 bits per heavy atom. The zero-order valence-electron chi connectivity index (χ0n) is 16.0. The number of hydrogen-bond acceptors (Lipinski definition) is 6. The van der Waals surface area contributed by atoms with Crippen LogP contribution in [-0.2, 0) is 0 Å². The minimum atomic E-state index is -0.308. The molecule has 0 saturated heterocycles. The van der Waals surface area contributed by atoms with Gasteiger partial charge < -0.3 is 23.9 Å². The fourth-order valence-corrected chi connectivity index (χ4v) is 2.68. The summed E-state index contributed by atoms with van der Waals surface area (Å²) in [5, 5.41) is 2.85. The van der Waals surface area contributed by atoms with Crippen LogP contribution >= 0.6 is 0 Å². The molecule has 0 radical (unpaired) electrons. The average Bonchev–Trinajstić information content (AvgIpc) is 3.10. The number of aromatic nitrogens is 1. The Kier molecular flexibility index (Phi) is 5.21. The predicted molar refractivity (Wildman–Crippen MR) is 102 cm³/mol. The first-order valence-electron chi connectivity index (χ1n) is 8.48. The van der Waals surface area contributed by atoms with Crippen molar-refractivity contribution in [1.29, 1.82) is 0 Å². The van der Waals surface area contributed by atoms with E-state index in [9.17, 15) is 4.79 Å². The predicted octanol–water partition coefficient (Wildman–Crippen LogP) is 4.23. The molecule has 0 aliphatic carbocycles. The van der Waals surface area contributed by atoms with Crippen LogP contribution in [0.15, 0.2) is 34.7 Å². The summed E-state index contributed by atoms with van der Waals surface area (Å²) in [6.45, 7) is 4.02. The van der Waals surface area contributed by atoms with Crippen molar-refractivity contribution in [2.45, 2.75) is 19.8 Å². The number of carbonyl (C=O) groups is 1. The van der Waals surface area contributed by atoms with Gasteiger partial charge in [-0.3, -0.25) is 4.79 Å². The second kappa shape index (κ2) is 7.57. The number of rotatable bonds is 6. The largest absolute Gasteiger partial charge is 0.493 e. The van der Waals surface area contributed by atoms with Gasteiger partial charge in [0, 0.05) is 23.2 Å². The van der Waals surface area contributed by atoms with E-state index in [-0.39, 0.29) is 11.8 Å². The molecule has 0 bridgehead atoms. The zero-order chi connectivity index (χ0) is 19.6. The molecule has 7 heteroatoms. The Labute approximate surface area is 157 Å². The van der Waals surface area contributed by atoms with Crippen molar-refractivity contribution < 1.29 is 23.4 Å². The second-order valence-corrected chi connectivity index (χ2v) is 6.26. The third kappa shape index (κ3) is 3.67. The van der Waals surface area contributed by atoms with Gasteiger partial charge in [0.2, 0.25) is 5.75 Å². The maximum Gasteiger partial charge on any atom is 0.255 e. The number of ether oxygens (including phenoxy) is 3. The minimum absolute atomic E-state index is 0.190. The molecule has 142 valence electrons. The van der Waals surface area contributed by atoms with E-state index < -0.39 is 0 Å². The molecule has 0 atom stereocenters. The summed E-state index contributed by atoms with van der Waals surface area (Å²) >= 11 is 0. The number of fused-ring (bicyclic) bond motifs is 1. The van der Waals surface area contributed by atoms with Crippen molar-refractivity contribution in [2.24, 2.45) is 0 Å². The molecule has 2 aromatic carbocycles. The van der Waals surface area contributed by atoms with Crippen molar-refractivity contribution in [3.05, 3.63) is 41.8 Å². The lowest BCUT2D eigenvalue weighted by molar-refractivity contribution is 0.102. The molecule has 1 N–H and O–H groups in total.